The molecule has 10 heavy (non-hydrogen) atoms. The van der Waals surface area contributed by atoms with E-state index in [0.717, 1.165) is 0 Å². The Morgan fingerprint density at radius 1 is 1.60 bits per heavy atom. The van der Waals surface area contributed by atoms with E-state index in [-0.39, 0.29) is 57.8 Å². The van der Waals surface area contributed by atoms with Crippen LogP contribution in [0.1, 0.15) is 19.8 Å². The van der Waals surface area contributed by atoms with Gasteiger partial charge in [-0.3, -0.25) is 4.55 Å². The van der Waals surface area contributed by atoms with Crippen molar-refractivity contribution < 1.29 is 17.4 Å². The van der Waals surface area contributed by atoms with Crippen LogP contribution in [-0.2, 0) is 10.1 Å². The molecule has 0 radical (unpaired) electrons. The van der Waals surface area contributed by atoms with Crippen LogP contribution in [0.4, 0.5) is 4.39 Å². The number of rotatable bonds is 3. The monoisotopic (exact) mass is 196 g/mol. The van der Waals surface area contributed by atoms with Crippen LogP contribution in [0, 0.1) is 0 Å². The van der Waals surface area contributed by atoms with Gasteiger partial charge < -0.3 is 0 Å². The average molecular weight is 196 g/mol. The van der Waals surface area contributed by atoms with Crippen LogP contribution in [0.15, 0.2) is 0 Å². The Bertz CT molecular complexity index is 167. The van der Waals surface area contributed by atoms with Crippen LogP contribution in [-0.4, -0.2) is 69.9 Å². The maximum absolute atomic E-state index is 12.1. The minimum atomic E-state index is -4.43. The van der Waals surface area contributed by atoms with Gasteiger partial charge in [-0.1, -0.05) is 13.3 Å². The van der Waals surface area contributed by atoms with E-state index in [0.29, 0.717) is 6.42 Å². The molecular weight excluding hydrogens is 186 g/mol. The summed E-state index contributed by atoms with van der Waals surface area (Å²) >= 11 is 0. The summed E-state index contributed by atoms with van der Waals surface area (Å²) in [5.74, 6) is 0. The second-order valence-electron chi connectivity index (χ2n) is 1.71. The predicted molar refractivity (Wildman–Crippen MR) is 38.5 cm³/mol. The van der Waals surface area contributed by atoms with E-state index in [9.17, 15) is 12.8 Å². The summed E-state index contributed by atoms with van der Waals surface area (Å²) in [5.41, 5.74) is -2.11. The predicted octanol–water partition coefficient (Wildman–Crippen LogP) is 0.321. The Balaban J connectivity index is 0. The van der Waals surface area contributed by atoms with Crippen LogP contribution >= 0.6 is 0 Å². The first-order valence-corrected chi connectivity index (χ1v) is 4.09. The Morgan fingerprint density at radius 2 is 2.00 bits per heavy atom. The zero-order chi connectivity index (χ0) is 7.49. The van der Waals surface area contributed by atoms with Gasteiger partial charge in [-0.15, -0.1) is 0 Å². The van der Waals surface area contributed by atoms with E-state index < -0.39 is 15.6 Å². The second-order valence-corrected chi connectivity index (χ2v) is 3.26. The second kappa shape index (κ2) is 6.04. The van der Waals surface area contributed by atoms with Gasteiger partial charge in [0.25, 0.3) is 10.1 Å². The van der Waals surface area contributed by atoms with Crippen LogP contribution in [0.5, 0.6) is 0 Å². The Kier molecular flexibility index (Phi) is 8.48. The molecule has 0 aliphatic heterocycles. The van der Waals surface area contributed by atoms with Crippen molar-refractivity contribution >= 4 is 61.5 Å². The molecule has 0 saturated heterocycles. The van der Waals surface area contributed by atoms with Crippen molar-refractivity contribution in [3.8, 4) is 0 Å². The van der Waals surface area contributed by atoms with E-state index in [1.165, 1.54) is 0 Å². The molecule has 3 nitrogen and oxygen atoms in total. The van der Waals surface area contributed by atoms with Gasteiger partial charge in [0.1, 0.15) is 0 Å². The summed E-state index contributed by atoms with van der Waals surface area (Å²) in [5, 5.41) is 0. The summed E-state index contributed by atoms with van der Waals surface area (Å²) in [7, 11) is -4.43. The molecule has 0 aromatic carbocycles. The van der Waals surface area contributed by atoms with Crippen molar-refractivity contribution in [1.82, 2.24) is 0 Å². The van der Waals surface area contributed by atoms with E-state index >= 15 is 0 Å². The van der Waals surface area contributed by atoms with Crippen molar-refractivity contribution in [2.24, 2.45) is 0 Å². The van der Waals surface area contributed by atoms with E-state index in [1.54, 1.807) is 6.92 Å². The SMILES string of the molecule is CCCC(F)S(=O)(=O)O.[KH]. The molecule has 0 aromatic heterocycles. The molecule has 0 heterocycles. The van der Waals surface area contributed by atoms with Crippen LogP contribution in [0.3, 0.4) is 0 Å². The van der Waals surface area contributed by atoms with Gasteiger partial charge in [0, 0.05) is 0 Å². The molecule has 0 amide bonds. The fourth-order valence-electron chi connectivity index (χ4n) is 0.376. The van der Waals surface area contributed by atoms with Crippen molar-refractivity contribution in [3.05, 3.63) is 0 Å². The number of halogens is 1. The van der Waals surface area contributed by atoms with E-state index in [1.807, 2.05) is 0 Å². The molecule has 1 atom stereocenters. The Morgan fingerprint density at radius 3 is 2.10 bits per heavy atom. The molecular formula is C4H10FKO3S. The Labute approximate surface area is 103 Å². The minimum absolute atomic E-state index is 0. The summed E-state index contributed by atoms with van der Waals surface area (Å²) in [6, 6.07) is 0. The van der Waals surface area contributed by atoms with E-state index in [2.05, 4.69) is 0 Å². The molecule has 58 valence electrons. The summed E-state index contributed by atoms with van der Waals surface area (Å²) in [4.78, 5) is 0. The summed E-state index contributed by atoms with van der Waals surface area (Å²) < 4.78 is 39.9. The topological polar surface area (TPSA) is 54.4 Å². The first kappa shape index (κ1) is 14.0. The normalized spacial score (nSPS) is 13.9. The van der Waals surface area contributed by atoms with Crippen LogP contribution in [0.25, 0.3) is 0 Å². The van der Waals surface area contributed by atoms with Crippen molar-refractivity contribution in [1.29, 1.82) is 0 Å². The first-order chi connectivity index (χ1) is 3.98. The van der Waals surface area contributed by atoms with Crippen LogP contribution < -0.4 is 0 Å². The quantitative estimate of drug-likeness (QED) is 0.522. The third-order valence-corrected chi connectivity index (χ3v) is 1.72. The fraction of sp³-hybridized carbons (Fsp3) is 1.00. The van der Waals surface area contributed by atoms with Crippen molar-refractivity contribution in [2.75, 3.05) is 0 Å². The van der Waals surface area contributed by atoms with Gasteiger partial charge in [-0.25, -0.2) is 4.39 Å². The van der Waals surface area contributed by atoms with Gasteiger partial charge in [0.05, 0.1) is 0 Å². The molecule has 1 N–H and O–H groups in total. The van der Waals surface area contributed by atoms with Crippen LogP contribution in [0.2, 0.25) is 0 Å². The summed E-state index contributed by atoms with van der Waals surface area (Å²) in [6.45, 7) is 1.64. The summed E-state index contributed by atoms with van der Waals surface area (Å²) in [6.07, 6.45) is 0.264. The van der Waals surface area contributed by atoms with Gasteiger partial charge in [0.2, 0.25) is 5.50 Å². The molecule has 0 saturated carbocycles. The Hall–Kier alpha value is 1.48. The molecule has 0 spiro atoms. The van der Waals surface area contributed by atoms with Gasteiger partial charge >= 0.3 is 51.4 Å². The molecule has 0 rings (SSSR count). The molecule has 1 unspecified atom stereocenters. The van der Waals surface area contributed by atoms with Crippen molar-refractivity contribution in [3.63, 3.8) is 0 Å². The van der Waals surface area contributed by atoms with Gasteiger partial charge in [-0.2, -0.15) is 8.42 Å². The zero-order valence-corrected chi connectivity index (χ0v) is 5.86. The average Bonchev–Trinajstić information content (AvgIpc) is 1.64. The van der Waals surface area contributed by atoms with E-state index in [4.69, 9.17) is 4.55 Å². The molecule has 0 bridgehead atoms. The number of alkyl halides is 1. The van der Waals surface area contributed by atoms with Gasteiger partial charge in [0.15, 0.2) is 0 Å². The van der Waals surface area contributed by atoms with Gasteiger partial charge in [-0.05, 0) is 6.42 Å². The maximum atomic E-state index is 12.1. The van der Waals surface area contributed by atoms with Crippen molar-refractivity contribution in [2.45, 2.75) is 25.3 Å². The zero-order valence-electron chi connectivity index (χ0n) is 5.04. The fourth-order valence-corrected chi connectivity index (χ4v) is 0.909. The molecule has 6 heteroatoms. The molecule has 0 aromatic rings. The molecule has 0 aliphatic carbocycles. The molecule has 0 aliphatic rings. The molecule has 0 fully saturated rings. The third-order valence-electron chi connectivity index (χ3n) is 0.839. The standard InChI is InChI=1S/C4H9FO3S.K.H/c1-2-3-4(5)9(6,7)8;;/h4H,2-3H2,1H3,(H,6,7,8);;. The number of hydrogen-bond donors (Lipinski definition) is 1. The third kappa shape index (κ3) is 6.20. The number of hydrogen-bond acceptors (Lipinski definition) is 2. The first-order valence-electron chi connectivity index (χ1n) is 2.59.